The van der Waals surface area contributed by atoms with Crippen molar-refractivity contribution in [1.82, 2.24) is 15.3 Å². The Morgan fingerprint density at radius 2 is 1.95 bits per heavy atom. The highest BCUT2D eigenvalue weighted by Gasteiger charge is 2.43. The van der Waals surface area contributed by atoms with E-state index in [2.05, 4.69) is 35.6 Å². The van der Waals surface area contributed by atoms with Crippen molar-refractivity contribution in [3.63, 3.8) is 0 Å². The van der Waals surface area contributed by atoms with Gasteiger partial charge in [-0.2, -0.15) is 0 Å². The first kappa shape index (κ1) is 12.0. The van der Waals surface area contributed by atoms with Gasteiger partial charge in [-0.05, 0) is 18.4 Å². The van der Waals surface area contributed by atoms with Crippen LogP contribution in [0.3, 0.4) is 0 Å². The maximum absolute atomic E-state index is 4.93. The van der Waals surface area contributed by atoms with Crippen LogP contribution in [0.4, 0.5) is 0 Å². The van der Waals surface area contributed by atoms with Crippen LogP contribution in [-0.2, 0) is 18.4 Å². The highest BCUT2D eigenvalue weighted by atomic mass is 15.0. The Kier molecular flexibility index (Phi) is 2.81. The molecular weight excluding hydrogens is 246 g/mol. The second kappa shape index (κ2) is 4.67. The van der Waals surface area contributed by atoms with Crippen molar-refractivity contribution in [3.8, 4) is 0 Å². The second-order valence-corrected chi connectivity index (χ2v) is 5.89. The zero-order valence-electron chi connectivity index (χ0n) is 11.6. The largest absolute Gasteiger partial charge is 0.312 e. The Morgan fingerprint density at radius 3 is 2.70 bits per heavy atom. The minimum atomic E-state index is 0.0706. The van der Waals surface area contributed by atoms with Gasteiger partial charge in [0.2, 0.25) is 0 Å². The Morgan fingerprint density at radius 1 is 1.10 bits per heavy atom. The molecule has 1 N–H and O–H groups in total. The first-order valence-electron chi connectivity index (χ1n) is 7.50. The normalized spacial score (nSPS) is 20.0. The van der Waals surface area contributed by atoms with Crippen molar-refractivity contribution >= 4 is 0 Å². The Labute approximate surface area is 119 Å². The van der Waals surface area contributed by atoms with Gasteiger partial charge in [0, 0.05) is 37.0 Å². The van der Waals surface area contributed by atoms with Crippen LogP contribution in [0.1, 0.15) is 41.9 Å². The second-order valence-electron chi connectivity index (χ2n) is 5.89. The van der Waals surface area contributed by atoms with Crippen LogP contribution < -0.4 is 5.32 Å². The fourth-order valence-electron chi connectivity index (χ4n) is 3.40. The minimum absolute atomic E-state index is 0.0706. The van der Waals surface area contributed by atoms with Gasteiger partial charge >= 0.3 is 0 Å². The van der Waals surface area contributed by atoms with Gasteiger partial charge in [0.15, 0.2) is 0 Å². The molecular formula is C17H19N3. The quantitative estimate of drug-likeness (QED) is 0.907. The standard InChI is InChI=1S/C17H19N3/c1-2-5-14(6-3-1)17(8-4-9-17)16-19-12-13-11-18-10-7-15(13)20-16/h1-3,5-6,12,18H,4,7-11H2. The molecule has 0 atom stereocenters. The van der Waals surface area contributed by atoms with Crippen molar-refractivity contribution in [3.05, 3.63) is 59.2 Å². The van der Waals surface area contributed by atoms with Crippen LogP contribution in [0, 0.1) is 0 Å². The molecule has 0 amide bonds. The summed E-state index contributed by atoms with van der Waals surface area (Å²) in [6.07, 6.45) is 6.68. The summed E-state index contributed by atoms with van der Waals surface area (Å²) < 4.78 is 0. The lowest BCUT2D eigenvalue weighted by molar-refractivity contribution is 0.283. The van der Waals surface area contributed by atoms with E-state index in [-0.39, 0.29) is 5.41 Å². The first-order chi connectivity index (χ1) is 9.88. The molecule has 0 radical (unpaired) electrons. The number of benzene rings is 1. The SMILES string of the molecule is c1ccc(C2(c3ncc4c(n3)CCNC4)CCC2)cc1. The molecule has 2 aliphatic rings. The number of hydrogen-bond donors (Lipinski definition) is 1. The average Bonchev–Trinajstić information content (AvgIpc) is 2.47. The summed E-state index contributed by atoms with van der Waals surface area (Å²) in [5, 5.41) is 3.38. The Hall–Kier alpha value is -1.74. The zero-order valence-corrected chi connectivity index (χ0v) is 11.6. The lowest BCUT2D eigenvalue weighted by Crippen LogP contribution is -2.38. The number of rotatable bonds is 2. The predicted octanol–water partition coefficient (Wildman–Crippen LogP) is 2.59. The van der Waals surface area contributed by atoms with E-state index in [1.54, 1.807) is 0 Å². The van der Waals surface area contributed by atoms with Crippen LogP contribution in [0.15, 0.2) is 36.5 Å². The highest BCUT2D eigenvalue weighted by molar-refractivity contribution is 5.37. The highest BCUT2D eigenvalue weighted by Crippen LogP contribution is 2.47. The third kappa shape index (κ3) is 1.77. The fourth-order valence-corrected chi connectivity index (χ4v) is 3.40. The topological polar surface area (TPSA) is 37.8 Å². The van der Waals surface area contributed by atoms with Crippen molar-refractivity contribution in [1.29, 1.82) is 0 Å². The molecule has 1 aliphatic heterocycles. The fraction of sp³-hybridized carbons (Fsp3) is 0.412. The maximum Gasteiger partial charge on any atom is 0.139 e. The van der Waals surface area contributed by atoms with E-state index in [1.165, 1.54) is 36.1 Å². The van der Waals surface area contributed by atoms with Gasteiger partial charge in [-0.25, -0.2) is 9.97 Å². The maximum atomic E-state index is 4.93. The van der Waals surface area contributed by atoms with Crippen molar-refractivity contribution < 1.29 is 0 Å². The summed E-state index contributed by atoms with van der Waals surface area (Å²) in [6, 6.07) is 10.8. The van der Waals surface area contributed by atoms with Crippen LogP contribution in [-0.4, -0.2) is 16.5 Å². The Bertz CT molecular complexity index is 617. The molecule has 102 valence electrons. The van der Waals surface area contributed by atoms with E-state index in [1.807, 2.05) is 6.20 Å². The molecule has 0 spiro atoms. The molecule has 0 saturated heterocycles. The number of nitrogens with one attached hydrogen (secondary N) is 1. The van der Waals surface area contributed by atoms with Crippen molar-refractivity contribution in [2.45, 2.75) is 37.6 Å². The molecule has 2 heterocycles. The third-order valence-corrected chi connectivity index (χ3v) is 4.77. The molecule has 1 saturated carbocycles. The van der Waals surface area contributed by atoms with Crippen LogP contribution in [0.2, 0.25) is 0 Å². The molecule has 1 aromatic heterocycles. The molecule has 0 unspecified atom stereocenters. The van der Waals surface area contributed by atoms with Gasteiger partial charge < -0.3 is 5.32 Å². The number of hydrogen-bond acceptors (Lipinski definition) is 3. The molecule has 1 fully saturated rings. The summed E-state index contributed by atoms with van der Waals surface area (Å²) in [5.41, 5.74) is 3.96. The zero-order chi connectivity index (χ0) is 13.4. The summed E-state index contributed by atoms with van der Waals surface area (Å²) in [5.74, 6) is 1.04. The lowest BCUT2D eigenvalue weighted by Gasteiger charge is -2.41. The third-order valence-electron chi connectivity index (χ3n) is 4.77. The van der Waals surface area contributed by atoms with Gasteiger partial charge in [0.1, 0.15) is 5.82 Å². The van der Waals surface area contributed by atoms with Crippen molar-refractivity contribution in [2.24, 2.45) is 0 Å². The summed E-state index contributed by atoms with van der Waals surface area (Å²) >= 11 is 0. The van der Waals surface area contributed by atoms with Gasteiger partial charge in [-0.3, -0.25) is 0 Å². The molecule has 3 nitrogen and oxygen atoms in total. The molecule has 4 rings (SSSR count). The summed E-state index contributed by atoms with van der Waals surface area (Å²) in [6.45, 7) is 1.94. The van der Waals surface area contributed by atoms with Crippen LogP contribution in [0.5, 0.6) is 0 Å². The van der Waals surface area contributed by atoms with Gasteiger partial charge in [-0.1, -0.05) is 36.8 Å². The number of aromatic nitrogens is 2. The van der Waals surface area contributed by atoms with E-state index >= 15 is 0 Å². The molecule has 20 heavy (non-hydrogen) atoms. The van der Waals surface area contributed by atoms with Gasteiger partial charge in [0.05, 0.1) is 5.41 Å². The van der Waals surface area contributed by atoms with Crippen LogP contribution in [0.25, 0.3) is 0 Å². The van der Waals surface area contributed by atoms with Crippen molar-refractivity contribution in [2.75, 3.05) is 6.54 Å². The van der Waals surface area contributed by atoms with Crippen LogP contribution >= 0.6 is 0 Å². The van der Waals surface area contributed by atoms with E-state index in [0.717, 1.165) is 25.3 Å². The molecule has 2 aromatic rings. The van der Waals surface area contributed by atoms with Gasteiger partial charge in [0.25, 0.3) is 0 Å². The number of nitrogens with zero attached hydrogens (tertiary/aromatic N) is 2. The molecule has 0 bridgehead atoms. The van der Waals surface area contributed by atoms with E-state index < -0.39 is 0 Å². The Balaban J connectivity index is 1.79. The molecule has 3 heteroatoms. The number of fused-ring (bicyclic) bond motifs is 1. The summed E-state index contributed by atoms with van der Waals surface area (Å²) in [4.78, 5) is 9.64. The first-order valence-corrected chi connectivity index (χ1v) is 7.50. The molecule has 1 aromatic carbocycles. The smallest absolute Gasteiger partial charge is 0.139 e. The molecule has 1 aliphatic carbocycles. The minimum Gasteiger partial charge on any atom is -0.312 e. The van der Waals surface area contributed by atoms with E-state index in [9.17, 15) is 0 Å². The predicted molar refractivity (Wildman–Crippen MR) is 78.5 cm³/mol. The van der Waals surface area contributed by atoms with E-state index in [4.69, 9.17) is 9.97 Å². The lowest BCUT2D eigenvalue weighted by atomic mass is 9.64. The monoisotopic (exact) mass is 265 g/mol. The average molecular weight is 265 g/mol. The van der Waals surface area contributed by atoms with Gasteiger partial charge in [-0.15, -0.1) is 0 Å². The summed E-state index contributed by atoms with van der Waals surface area (Å²) in [7, 11) is 0. The van der Waals surface area contributed by atoms with E-state index in [0.29, 0.717) is 0 Å².